The Morgan fingerprint density at radius 3 is 2.05 bits per heavy atom. The highest BCUT2D eigenvalue weighted by molar-refractivity contribution is 5.79. The van der Waals surface area contributed by atoms with Crippen molar-refractivity contribution < 1.29 is 9.90 Å². The number of Topliss-reactive ketones (excluding diaryl/α,β-unsaturated/α-hetero) is 1. The van der Waals surface area contributed by atoms with E-state index in [9.17, 15) is 9.90 Å². The molecule has 2 atom stereocenters. The van der Waals surface area contributed by atoms with Gasteiger partial charge in [0.2, 0.25) is 0 Å². The van der Waals surface area contributed by atoms with Crippen molar-refractivity contribution in [3.05, 3.63) is 71.8 Å². The highest BCUT2D eigenvalue weighted by atomic mass is 16.3. The summed E-state index contributed by atoms with van der Waals surface area (Å²) in [4.78, 5) is 11.8. The van der Waals surface area contributed by atoms with E-state index in [1.165, 1.54) is 0 Å². The normalized spacial score (nSPS) is 13.8. The van der Waals surface area contributed by atoms with Crippen LogP contribution in [0.3, 0.4) is 0 Å². The molecule has 0 saturated carbocycles. The second-order valence-corrected chi connectivity index (χ2v) is 4.76. The van der Waals surface area contributed by atoms with Gasteiger partial charge in [-0.05, 0) is 24.5 Å². The zero-order chi connectivity index (χ0) is 13.7. The van der Waals surface area contributed by atoms with E-state index in [4.69, 9.17) is 0 Å². The smallest absolute Gasteiger partial charge is 0.136 e. The zero-order valence-corrected chi connectivity index (χ0v) is 11.0. The number of rotatable bonds is 5. The summed E-state index contributed by atoms with van der Waals surface area (Å²) in [7, 11) is 0. The second-order valence-electron chi connectivity index (χ2n) is 4.76. The zero-order valence-electron chi connectivity index (χ0n) is 11.0. The number of carbonyl (C=O) groups is 1. The highest BCUT2D eigenvalue weighted by Crippen LogP contribution is 2.26. The van der Waals surface area contributed by atoms with Gasteiger partial charge in [-0.2, -0.15) is 0 Å². The van der Waals surface area contributed by atoms with Crippen LogP contribution >= 0.6 is 0 Å². The number of hydrogen-bond acceptors (Lipinski definition) is 2. The number of carbonyl (C=O) groups excluding carboxylic acids is 1. The van der Waals surface area contributed by atoms with E-state index in [2.05, 4.69) is 0 Å². The molecular formula is C17H18O2. The van der Waals surface area contributed by atoms with E-state index >= 15 is 0 Å². The monoisotopic (exact) mass is 254 g/mol. The molecule has 0 aliphatic rings. The minimum atomic E-state index is -0.751. The first-order chi connectivity index (χ1) is 9.18. The average Bonchev–Trinajstić information content (AvgIpc) is 2.46. The van der Waals surface area contributed by atoms with E-state index in [1.807, 2.05) is 60.7 Å². The van der Waals surface area contributed by atoms with Crippen LogP contribution in [-0.4, -0.2) is 10.9 Å². The minimum Gasteiger partial charge on any atom is -0.388 e. The quantitative estimate of drug-likeness (QED) is 0.889. The topological polar surface area (TPSA) is 37.3 Å². The largest absolute Gasteiger partial charge is 0.388 e. The van der Waals surface area contributed by atoms with Crippen molar-refractivity contribution in [1.82, 2.24) is 0 Å². The summed E-state index contributed by atoms with van der Waals surface area (Å²) >= 11 is 0. The van der Waals surface area contributed by atoms with Crippen LogP contribution in [0.4, 0.5) is 0 Å². The van der Waals surface area contributed by atoms with Crippen LogP contribution in [0.15, 0.2) is 60.7 Å². The third-order valence-corrected chi connectivity index (χ3v) is 3.34. The van der Waals surface area contributed by atoms with Crippen LogP contribution in [0, 0.1) is 5.92 Å². The summed E-state index contributed by atoms with van der Waals surface area (Å²) in [5.41, 5.74) is 1.86. The summed E-state index contributed by atoms with van der Waals surface area (Å²) in [6.07, 6.45) is -0.189. The average molecular weight is 254 g/mol. The minimum absolute atomic E-state index is 0.0141. The number of hydrogen-bond donors (Lipinski definition) is 1. The molecule has 2 nitrogen and oxygen atoms in total. The van der Waals surface area contributed by atoms with Crippen molar-refractivity contribution in [3.63, 3.8) is 0 Å². The Balaban J connectivity index is 2.19. The van der Waals surface area contributed by atoms with Gasteiger partial charge in [-0.3, -0.25) is 4.79 Å². The molecule has 2 heteroatoms. The predicted molar refractivity (Wildman–Crippen MR) is 75.7 cm³/mol. The molecule has 0 aliphatic heterocycles. The van der Waals surface area contributed by atoms with E-state index in [1.54, 1.807) is 6.92 Å². The third-order valence-electron chi connectivity index (χ3n) is 3.34. The maximum atomic E-state index is 11.8. The Morgan fingerprint density at radius 1 is 1.00 bits per heavy atom. The lowest BCUT2D eigenvalue weighted by molar-refractivity contribution is -0.124. The van der Waals surface area contributed by atoms with Gasteiger partial charge in [0, 0.05) is 0 Å². The van der Waals surface area contributed by atoms with Gasteiger partial charge in [-0.25, -0.2) is 0 Å². The molecule has 0 fully saturated rings. The van der Waals surface area contributed by atoms with Crippen LogP contribution in [0.25, 0.3) is 0 Å². The lowest BCUT2D eigenvalue weighted by Gasteiger charge is -2.21. The SMILES string of the molecule is CC(=O)[C@H](Cc1ccccc1)[C@@H](O)c1ccccc1. The fourth-order valence-corrected chi connectivity index (χ4v) is 2.23. The molecule has 0 radical (unpaired) electrons. The van der Waals surface area contributed by atoms with Crippen LogP contribution in [0.2, 0.25) is 0 Å². The van der Waals surface area contributed by atoms with Crippen LogP contribution in [-0.2, 0) is 11.2 Å². The van der Waals surface area contributed by atoms with E-state index < -0.39 is 12.0 Å². The van der Waals surface area contributed by atoms with Crippen LogP contribution in [0.1, 0.15) is 24.2 Å². The van der Waals surface area contributed by atoms with Crippen molar-refractivity contribution in [2.24, 2.45) is 5.92 Å². The number of benzene rings is 2. The molecule has 0 unspecified atom stereocenters. The summed E-state index contributed by atoms with van der Waals surface area (Å²) in [6, 6.07) is 19.1. The second kappa shape index (κ2) is 6.30. The Labute approximate surface area is 113 Å². The first-order valence-electron chi connectivity index (χ1n) is 6.46. The van der Waals surface area contributed by atoms with Gasteiger partial charge in [0.05, 0.1) is 12.0 Å². The molecule has 0 bridgehead atoms. The number of ketones is 1. The first-order valence-corrected chi connectivity index (χ1v) is 6.46. The molecular weight excluding hydrogens is 236 g/mol. The molecule has 0 aromatic heterocycles. The molecule has 2 aromatic carbocycles. The fourth-order valence-electron chi connectivity index (χ4n) is 2.23. The maximum absolute atomic E-state index is 11.8. The standard InChI is InChI=1S/C17H18O2/c1-13(18)16(12-14-8-4-2-5-9-14)17(19)15-10-6-3-7-11-15/h2-11,16-17,19H,12H2,1H3/t16-,17-/m0/s1. The number of aliphatic hydroxyl groups excluding tert-OH is 1. The van der Waals surface area contributed by atoms with E-state index in [0.717, 1.165) is 11.1 Å². The molecule has 1 N–H and O–H groups in total. The molecule has 98 valence electrons. The van der Waals surface area contributed by atoms with Gasteiger partial charge in [-0.15, -0.1) is 0 Å². The van der Waals surface area contributed by atoms with Crippen molar-refractivity contribution >= 4 is 5.78 Å². The van der Waals surface area contributed by atoms with E-state index in [-0.39, 0.29) is 5.78 Å². The van der Waals surface area contributed by atoms with Gasteiger partial charge in [0.15, 0.2) is 0 Å². The van der Waals surface area contributed by atoms with Gasteiger partial charge >= 0.3 is 0 Å². The Kier molecular flexibility index (Phi) is 4.48. The van der Waals surface area contributed by atoms with E-state index in [0.29, 0.717) is 6.42 Å². The van der Waals surface area contributed by atoms with Gasteiger partial charge in [0.1, 0.15) is 5.78 Å². The van der Waals surface area contributed by atoms with Crippen LogP contribution in [0.5, 0.6) is 0 Å². The summed E-state index contributed by atoms with van der Waals surface area (Å²) in [5.74, 6) is -0.384. The van der Waals surface area contributed by atoms with Crippen molar-refractivity contribution in [1.29, 1.82) is 0 Å². The maximum Gasteiger partial charge on any atom is 0.136 e. The lowest BCUT2D eigenvalue weighted by Crippen LogP contribution is -2.22. The summed E-state index contributed by atoms with van der Waals surface area (Å²) in [6.45, 7) is 1.54. The highest BCUT2D eigenvalue weighted by Gasteiger charge is 2.25. The molecule has 2 rings (SSSR count). The van der Waals surface area contributed by atoms with Crippen molar-refractivity contribution in [3.8, 4) is 0 Å². The lowest BCUT2D eigenvalue weighted by atomic mass is 9.87. The van der Waals surface area contributed by atoms with Crippen molar-refractivity contribution in [2.45, 2.75) is 19.4 Å². The molecule has 0 amide bonds. The predicted octanol–water partition coefficient (Wildman–Crippen LogP) is 3.17. The first kappa shape index (κ1) is 13.5. The Morgan fingerprint density at radius 2 is 1.53 bits per heavy atom. The van der Waals surface area contributed by atoms with Gasteiger partial charge in [0.25, 0.3) is 0 Å². The molecule has 0 heterocycles. The van der Waals surface area contributed by atoms with Crippen LogP contribution < -0.4 is 0 Å². The summed E-state index contributed by atoms with van der Waals surface area (Å²) < 4.78 is 0. The molecule has 0 saturated heterocycles. The molecule has 0 spiro atoms. The molecule has 19 heavy (non-hydrogen) atoms. The third kappa shape index (κ3) is 3.52. The van der Waals surface area contributed by atoms with Gasteiger partial charge in [-0.1, -0.05) is 60.7 Å². The Bertz CT molecular complexity index is 519. The Hall–Kier alpha value is -1.93. The number of aliphatic hydroxyl groups is 1. The molecule has 0 aliphatic carbocycles. The fraction of sp³-hybridized carbons (Fsp3) is 0.235. The van der Waals surface area contributed by atoms with Gasteiger partial charge < -0.3 is 5.11 Å². The summed E-state index contributed by atoms with van der Waals surface area (Å²) in [5, 5.41) is 10.4. The van der Waals surface area contributed by atoms with Crippen molar-refractivity contribution in [2.75, 3.05) is 0 Å². The molecule has 2 aromatic rings.